The zero-order chi connectivity index (χ0) is 13.4. The van der Waals surface area contributed by atoms with Crippen molar-refractivity contribution in [2.75, 3.05) is 18.6 Å². The number of hydrogen-bond donors (Lipinski definition) is 1. The van der Waals surface area contributed by atoms with Crippen LogP contribution >= 0.6 is 0 Å². The van der Waals surface area contributed by atoms with E-state index in [0.717, 1.165) is 29.8 Å². The summed E-state index contributed by atoms with van der Waals surface area (Å²) in [7, 11) is 1.63. The molecule has 0 spiro atoms. The van der Waals surface area contributed by atoms with Crippen molar-refractivity contribution >= 4 is 17.5 Å². The first-order valence-electron chi connectivity index (χ1n) is 6.47. The smallest absolute Gasteiger partial charge is 0.247 e. The maximum Gasteiger partial charge on any atom is 0.247 e. The van der Waals surface area contributed by atoms with Crippen LogP contribution in [0.3, 0.4) is 0 Å². The minimum absolute atomic E-state index is 0.0436. The fourth-order valence-electron chi connectivity index (χ4n) is 2.83. The maximum atomic E-state index is 12.1. The molecule has 2 amide bonds. The van der Waals surface area contributed by atoms with E-state index in [1.54, 1.807) is 12.0 Å². The van der Waals surface area contributed by atoms with Crippen molar-refractivity contribution in [2.24, 2.45) is 0 Å². The Bertz CT molecular complexity index is 541. The van der Waals surface area contributed by atoms with E-state index in [-0.39, 0.29) is 24.4 Å². The number of nitrogens with zero attached hydrogens (tertiary/aromatic N) is 1. The number of rotatable bonds is 1. The Hall–Kier alpha value is -2.04. The molecule has 19 heavy (non-hydrogen) atoms. The molecule has 0 radical (unpaired) electrons. The van der Waals surface area contributed by atoms with E-state index in [0.29, 0.717) is 6.42 Å². The third-order valence-corrected chi connectivity index (χ3v) is 3.77. The van der Waals surface area contributed by atoms with E-state index >= 15 is 0 Å². The third-order valence-electron chi connectivity index (χ3n) is 3.77. The maximum absolute atomic E-state index is 12.1. The number of carbonyl (C=O) groups excluding carboxylic acids is 2. The first-order chi connectivity index (χ1) is 9.20. The summed E-state index contributed by atoms with van der Waals surface area (Å²) in [6, 6.07) is 5.30. The van der Waals surface area contributed by atoms with Gasteiger partial charge in [0.25, 0.3) is 0 Å². The van der Waals surface area contributed by atoms with Crippen LogP contribution in [0.5, 0.6) is 5.75 Å². The summed E-state index contributed by atoms with van der Waals surface area (Å²) < 4.78 is 5.22. The molecule has 5 nitrogen and oxygen atoms in total. The quantitative estimate of drug-likeness (QED) is 0.815. The summed E-state index contributed by atoms with van der Waals surface area (Å²) >= 11 is 0. The molecular formula is C14H16N2O3. The van der Waals surface area contributed by atoms with Gasteiger partial charge in [-0.1, -0.05) is 0 Å². The lowest BCUT2D eigenvalue weighted by molar-refractivity contribution is -0.131. The first-order valence-corrected chi connectivity index (χ1v) is 6.47. The number of benzene rings is 1. The van der Waals surface area contributed by atoms with Gasteiger partial charge in [-0.05, 0) is 43.0 Å². The number of amides is 2. The van der Waals surface area contributed by atoms with Crippen molar-refractivity contribution in [3.63, 3.8) is 0 Å². The summed E-state index contributed by atoms with van der Waals surface area (Å²) in [6.45, 7) is 0.0841. The second-order valence-electron chi connectivity index (χ2n) is 4.88. The number of anilines is 1. The lowest BCUT2D eigenvalue weighted by atomic mass is 10.1. The van der Waals surface area contributed by atoms with E-state index in [1.807, 2.05) is 18.2 Å². The topological polar surface area (TPSA) is 58.6 Å². The molecule has 1 saturated heterocycles. The van der Waals surface area contributed by atoms with Crippen LogP contribution in [0.25, 0.3) is 0 Å². The number of carbonyl (C=O) groups is 2. The van der Waals surface area contributed by atoms with Crippen LogP contribution in [-0.2, 0) is 16.0 Å². The molecule has 2 aliphatic rings. The van der Waals surface area contributed by atoms with Crippen molar-refractivity contribution in [3.8, 4) is 5.75 Å². The van der Waals surface area contributed by atoms with Gasteiger partial charge < -0.3 is 10.1 Å². The van der Waals surface area contributed by atoms with Crippen molar-refractivity contribution in [1.29, 1.82) is 0 Å². The zero-order valence-electron chi connectivity index (χ0n) is 10.8. The average molecular weight is 260 g/mol. The Balaban J connectivity index is 2.07. The van der Waals surface area contributed by atoms with Gasteiger partial charge in [0, 0.05) is 5.69 Å². The van der Waals surface area contributed by atoms with Gasteiger partial charge >= 0.3 is 0 Å². The first kappa shape index (κ1) is 12.0. The van der Waals surface area contributed by atoms with E-state index < -0.39 is 0 Å². The van der Waals surface area contributed by atoms with Gasteiger partial charge in [-0.2, -0.15) is 0 Å². The van der Waals surface area contributed by atoms with Crippen LogP contribution in [0.15, 0.2) is 18.2 Å². The number of fused-ring (bicyclic) bond motifs is 3. The molecule has 2 heterocycles. The number of hydrogen-bond acceptors (Lipinski definition) is 3. The molecule has 5 heteroatoms. The summed E-state index contributed by atoms with van der Waals surface area (Å²) in [5.41, 5.74) is 1.92. The molecule has 1 N–H and O–H groups in total. The minimum atomic E-state index is -0.365. The van der Waals surface area contributed by atoms with Gasteiger partial charge in [0.2, 0.25) is 11.8 Å². The van der Waals surface area contributed by atoms with Gasteiger partial charge in [-0.3, -0.25) is 14.5 Å². The van der Waals surface area contributed by atoms with Crippen LogP contribution < -0.4 is 15.0 Å². The Morgan fingerprint density at radius 2 is 2.21 bits per heavy atom. The van der Waals surface area contributed by atoms with E-state index in [9.17, 15) is 9.59 Å². The van der Waals surface area contributed by atoms with E-state index in [4.69, 9.17) is 4.74 Å². The van der Waals surface area contributed by atoms with Crippen molar-refractivity contribution in [2.45, 2.75) is 25.3 Å². The molecule has 100 valence electrons. The Kier molecular flexibility index (Phi) is 2.89. The second kappa shape index (κ2) is 4.57. The Labute approximate surface area is 111 Å². The molecule has 3 rings (SSSR count). The highest BCUT2D eigenvalue weighted by Crippen LogP contribution is 2.33. The van der Waals surface area contributed by atoms with Gasteiger partial charge in [0.15, 0.2) is 0 Å². The third kappa shape index (κ3) is 1.95. The van der Waals surface area contributed by atoms with Gasteiger partial charge in [-0.15, -0.1) is 0 Å². The van der Waals surface area contributed by atoms with Crippen LogP contribution in [0.2, 0.25) is 0 Å². The molecule has 1 fully saturated rings. The fourth-order valence-corrected chi connectivity index (χ4v) is 2.83. The number of aryl methyl sites for hydroxylation is 1. The highest BCUT2D eigenvalue weighted by atomic mass is 16.5. The van der Waals surface area contributed by atoms with Crippen molar-refractivity contribution in [1.82, 2.24) is 5.32 Å². The molecule has 0 saturated carbocycles. The summed E-state index contributed by atoms with van der Waals surface area (Å²) in [5, 5.41) is 2.66. The number of ether oxygens (including phenoxy) is 1. The number of nitrogens with one attached hydrogen (secondary N) is 1. The van der Waals surface area contributed by atoms with Gasteiger partial charge in [0.05, 0.1) is 13.7 Å². The van der Waals surface area contributed by atoms with Crippen LogP contribution in [0, 0.1) is 0 Å². The van der Waals surface area contributed by atoms with Crippen LogP contribution in [0.1, 0.15) is 18.4 Å². The second-order valence-corrected chi connectivity index (χ2v) is 4.88. The van der Waals surface area contributed by atoms with E-state index in [1.165, 1.54) is 0 Å². The Morgan fingerprint density at radius 3 is 3.00 bits per heavy atom. The SMILES string of the molecule is COc1ccc2c(c1)CCCC1C(=O)NCC(=O)N21. The molecule has 0 aliphatic carbocycles. The molecule has 2 aliphatic heterocycles. The molecule has 1 atom stereocenters. The standard InChI is InChI=1S/C14H16N2O3/c1-19-10-5-6-11-9(7-10)3-2-4-12-14(18)15-8-13(17)16(11)12/h5-7,12H,2-4,8H2,1H3,(H,15,18). The number of piperazine rings is 1. The van der Waals surface area contributed by atoms with Gasteiger partial charge in [0.1, 0.15) is 11.8 Å². The summed E-state index contributed by atoms with van der Waals surface area (Å²) in [4.78, 5) is 25.7. The fraction of sp³-hybridized carbons (Fsp3) is 0.429. The normalized spacial score (nSPS) is 22.2. The minimum Gasteiger partial charge on any atom is -0.497 e. The number of methoxy groups -OCH3 is 1. The van der Waals surface area contributed by atoms with Gasteiger partial charge in [-0.25, -0.2) is 0 Å². The van der Waals surface area contributed by atoms with Crippen molar-refractivity contribution < 1.29 is 14.3 Å². The predicted octanol–water partition coefficient (Wildman–Crippen LogP) is 0.863. The molecule has 1 unspecified atom stereocenters. The predicted molar refractivity (Wildman–Crippen MR) is 70.2 cm³/mol. The summed E-state index contributed by atoms with van der Waals surface area (Å²) in [6.07, 6.45) is 2.46. The molecule has 1 aromatic rings. The summed E-state index contributed by atoms with van der Waals surface area (Å²) in [5.74, 6) is 0.687. The lowest BCUT2D eigenvalue weighted by Crippen LogP contribution is -2.58. The van der Waals surface area contributed by atoms with Crippen molar-refractivity contribution in [3.05, 3.63) is 23.8 Å². The highest BCUT2D eigenvalue weighted by Gasteiger charge is 2.37. The van der Waals surface area contributed by atoms with E-state index in [2.05, 4.69) is 5.32 Å². The van der Waals surface area contributed by atoms with Crippen LogP contribution in [-0.4, -0.2) is 31.5 Å². The molecule has 0 bridgehead atoms. The average Bonchev–Trinajstić information content (AvgIpc) is 2.62. The molecule has 1 aromatic carbocycles. The molecular weight excluding hydrogens is 244 g/mol. The zero-order valence-corrected chi connectivity index (χ0v) is 10.8. The largest absolute Gasteiger partial charge is 0.497 e. The lowest BCUT2D eigenvalue weighted by Gasteiger charge is -2.34. The monoisotopic (exact) mass is 260 g/mol. The van der Waals surface area contributed by atoms with Crippen LogP contribution in [0.4, 0.5) is 5.69 Å². The highest BCUT2D eigenvalue weighted by molar-refractivity contribution is 6.07. The Morgan fingerprint density at radius 1 is 1.37 bits per heavy atom. The molecule has 0 aromatic heterocycles.